The highest BCUT2D eigenvalue weighted by atomic mass is 35.5. The third-order valence-electron chi connectivity index (χ3n) is 4.55. The van der Waals surface area contributed by atoms with Gasteiger partial charge in [-0.25, -0.2) is 9.97 Å². The molecule has 7 heteroatoms. The van der Waals surface area contributed by atoms with Crippen molar-refractivity contribution < 1.29 is 4.79 Å². The molecule has 2 N–H and O–H groups in total. The number of carbonyl (C=O) groups is 1. The van der Waals surface area contributed by atoms with Crippen molar-refractivity contribution >= 4 is 40.4 Å². The van der Waals surface area contributed by atoms with Gasteiger partial charge in [-0.05, 0) is 36.2 Å². The minimum Gasteiger partial charge on any atom is -0.373 e. The summed E-state index contributed by atoms with van der Waals surface area (Å²) >= 11 is 6.20. The van der Waals surface area contributed by atoms with Crippen LogP contribution >= 0.6 is 11.6 Å². The molecule has 1 amide bonds. The Labute approximate surface area is 167 Å². The largest absolute Gasteiger partial charge is 0.373 e. The van der Waals surface area contributed by atoms with Crippen LogP contribution < -0.4 is 10.6 Å². The molecular weight excluding hydrogens is 374 g/mol. The Morgan fingerprint density at radius 2 is 1.93 bits per heavy atom. The Morgan fingerprint density at radius 3 is 2.75 bits per heavy atom. The summed E-state index contributed by atoms with van der Waals surface area (Å²) in [6.45, 7) is 1.92. The van der Waals surface area contributed by atoms with Crippen LogP contribution in [0.5, 0.6) is 0 Å². The second kappa shape index (κ2) is 7.40. The van der Waals surface area contributed by atoms with Gasteiger partial charge in [-0.15, -0.1) is 0 Å². The van der Waals surface area contributed by atoms with Gasteiger partial charge in [0.1, 0.15) is 12.1 Å². The van der Waals surface area contributed by atoms with E-state index in [4.69, 9.17) is 16.6 Å². The molecule has 2 heterocycles. The van der Waals surface area contributed by atoms with Crippen molar-refractivity contribution in [2.45, 2.75) is 13.3 Å². The van der Waals surface area contributed by atoms with Crippen LogP contribution in [-0.4, -0.2) is 28.6 Å². The van der Waals surface area contributed by atoms with Crippen LogP contribution in [0.15, 0.2) is 53.8 Å². The zero-order valence-electron chi connectivity index (χ0n) is 15.5. The summed E-state index contributed by atoms with van der Waals surface area (Å²) in [5.41, 5.74) is 5.53. The van der Waals surface area contributed by atoms with E-state index in [-0.39, 0.29) is 12.3 Å². The van der Waals surface area contributed by atoms with E-state index in [9.17, 15) is 4.79 Å². The fraction of sp³-hybridized carbons (Fsp3) is 0.143. The van der Waals surface area contributed by atoms with Crippen LogP contribution in [-0.2, 0) is 4.79 Å². The van der Waals surface area contributed by atoms with E-state index in [0.717, 1.165) is 28.2 Å². The highest BCUT2D eigenvalue weighted by molar-refractivity contribution is 6.32. The summed E-state index contributed by atoms with van der Waals surface area (Å²) in [5.74, 6) is 0.616. The lowest BCUT2D eigenvalue weighted by molar-refractivity contribution is -0.115. The van der Waals surface area contributed by atoms with Crippen LogP contribution in [0.4, 0.5) is 17.2 Å². The number of fused-ring (bicyclic) bond motifs is 1. The van der Waals surface area contributed by atoms with E-state index >= 15 is 0 Å². The molecule has 2 aromatic carbocycles. The number of benzene rings is 2. The molecule has 3 aromatic rings. The smallest absolute Gasteiger partial charge is 0.230 e. The topological polar surface area (TPSA) is 79.3 Å². The van der Waals surface area contributed by atoms with Crippen molar-refractivity contribution in [1.82, 2.24) is 9.97 Å². The van der Waals surface area contributed by atoms with E-state index in [1.54, 1.807) is 6.07 Å². The van der Waals surface area contributed by atoms with E-state index < -0.39 is 0 Å². The molecule has 28 heavy (non-hydrogen) atoms. The predicted octanol–water partition coefficient (Wildman–Crippen LogP) is 4.61. The van der Waals surface area contributed by atoms with Crippen molar-refractivity contribution in [2.75, 3.05) is 17.7 Å². The van der Waals surface area contributed by atoms with Gasteiger partial charge in [0.2, 0.25) is 5.91 Å². The minimum absolute atomic E-state index is 0.123. The molecule has 0 aliphatic carbocycles. The van der Waals surface area contributed by atoms with Crippen LogP contribution in [0.1, 0.15) is 17.5 Å². The van der Waals surface area contributed by atoms with Crippen LogP contribution in [0, 0.1) is 6.92 Å². The van der Waals surface area contributed by atoms with Gasteiger partial charge in [-0.3, -0.25) is 9.79 Å². The Bertz CT molecular complexity index is 1110. The molecule has 1 aliphatic heterocycles. The average molecular weight is 392 g/mol. The van der Waals surface area contributed by atoms with Crippen molar-refractivity contribution in [3.63, 3.8) is 0 Å². The van der Waals surface area contributed by atoms with E-state index in [1.807, 2.05) is 50.4 Å². The lowest BCUT2D eigenvalue weighted by atomic mass is 10.0. The molecular formula is C21H18ClN5O. The van der Waals surface area contributed by atoms with E-state index in [1.165, 1.54) is 6.33 Å². The summed E-state index contributed by atoms with van der Waals surface area (Å²) in [7, 11) is 1.81. The molecule has 1 aromatic heterocycles. The van der Waals surface area contributed by atoms with Gasteiger partial charge in [0.25, 0.3) is 0 Å². The van der Waals surface area contributed by atoms with Gasteiger partial charge in [-0.1, -0.05) is 29.8 Å². The molecule has 0 bridgehead atoms. The number of nitrogens with one attached hydrogen (secondary N) is 2. The second-order valence-electron chi connectivity index (χ2n) is 6.52. The van der Waals surface area contributed by atoms with Gasteiger partial charge in [0.15, 0.2) is 0 Å². The zero-order chi connectivity index (χ0) is 19.7. The Morgan fingerprint density at radius 1 is 1.11 bits per heavy atom. The summed E-state index contributed by atoms with van der Waals surface area (Å²) in [5, 5.41) is 6.50. The first-order valence-electron chi connectivity index (χ1n) is 8.81. The summed E-state index contributed by atoms with van der Waals surface area (Å²) < 4.78 is 0. The summed E-state index contributed by atoms with van der Waals surface area (Å²) in [6.07, 6.45) is 1.70. The van der Waals surface area contributed by atoms with Crippen molar-refractivity contribution in [3.05, 3.63) is 64.9 Å². The van der Waals surface area contributed by atoms with Crippen LogP contribution in [0.3, 0.4) is 0 Å². The lowest BCUT2D eigenvalue weighted by Gasteiger charge is -2.08. The highest BCUT2D eigenvalue weighted by Gasteiger charge is 2.18. The molecule has 0 unspecified atom stereocenters. The second-order valence-corrected chi connectivity index (χ2v) is 6.93. The number of aliphatic imine (C=N–C) groups is 1. The molecule has 0 fully saturated rings. The maximum atomic E-state index is 12.4. The standard InChI is InChI=1S/C21H18ClN5O/c1-12-6-18-19(8-15(12)22)27-21(28)10-17(26-18)14-5-3-4-13(7-14)16-9-20(23-2)25-11-24-16/h3-9,11H,10H2,1-2H3,(H,27,28)(H,23,24,25). The van der Waals surface area contributed by atoms with E-state index in [2.05, 4.69) is 20.6 Å². The van der Waals surface area contributed by atoms with Crippen LogP contribution in [0.2, 0.25) is 5.02 Å². The molecule has 4 rings (SSSR count). The van der Waals surface area contributed by atoms with Gasteiger partial charge < -0.3 is 10.6 Å². The first-order valence-corrected chi connectivity index (χ1v) is 9.19. The molecule has 0 saturated carbocycles. The highest BCUT2D eigenvalue weighted by Crippen LogP contribution is 2.34. The van der Waals surface area contributed by atoms with Crippen molar-refractivity contribution in [3.8, 4) is 11.3 Å². The number of amides is 1. The predicted molar refractivity (Wildman–Crippen MR) is 113 cm³/mol. The Hall–Kier alpha value is -3.25. The quantitative estimate of drug-likeness (QED) is 0.683. The van der Waals surface area contributed by atoms with Crippen molar-refractivity contribution in [1.29, 1.82) is 0 Å². The fourth-order valence-electron chi connectivity index (χ4n) is 3.07. The lowest BCUT2D eigenvalue weighted by Crippen LogP contribution is -2.15. The van der Waals surface area contributed by atoms with Gasteiger partial charge in [0.05, 0.1) is 29.2 Å². The van der Waals surface area contributed by atoms with Gasteiger partial charge in [-0.2, -0.15) is 0 Å². The number of aromatic nitrogens is 2. The number of carbonyl (C=O) groups excluding carboxylic acids is 1. The number of nitrogens with zero attached hydrogens (tertiary/aromatic N) is 3. The fourth-order valence-corrected chi connectivity index (χ4v) is 3.23. The molecule has 1 aliphatic rings. The normalized spacial score (nSPS) is 13.2. The SMILES string of the molecule is CNc1cc(-c2cccc(C3=Nc4cc(C)c(Cl)cc4NC(=O)C3)c2)ncn1. The molecule has 0 radical (unpaired) electrons. The van der Waals surface area contributed by atoms with Crippen LogP contribution in [0.25, 0.3) is 11.3 Å². The minimum atomic E-state index is -0.123. The zero-order valence-corrected chi connectivity index (χ0v) is 16.2. The number of halogens is 1. The summed E-state index contributed by atoms with van der Waals surface area (Å²) in [4.78, 5) is 25.7. The maximum Gasteiger partial charge on any atom is 0.230 e. The first-order chi connectivity index (χ1) is 13.5. The molecule has 0 saturated heterocycles. The van der Waals surface area contributed by atoms with Gasteiger partial charge in [0, 0.05) is 23.7 Å². The Kier molecular flexibility index (Phi) is 4.79. The number of hydrogen-bond donors (Lipinski definition) is 2. The monoisotopic (exact) mass is 391 g/mol. The molecule has 6 nitrogen and oxygen atoms in total. The van der Waals surface area contributed by atoms with E-state index in [0.29, 0.717) is 22.1 Å². The van der Waals surface area contributed by atoms with Crippen molar-refractivity contribution in [2.24, 2.45) is 4.99 Å². The number of anilines is 2. The third-order valence-corrected chi connectivity index (χ3v) is 4.96. The number of aryl methyl sites for hydroxylation is 1. The number of rotatable bonds is 3. The molecule has 0 atom stereocenters. The maximum absolute atomic E-state index is 12.4. The van der Waals surface area contributed by atoms with Gasteiger partial charge >= 0.3 is 0 Å². The summed E-state index contributed by atoms with van der Waals surface area (Å²) in [6, 6.07) is 13.3. The Balaban J connectivity index is 1.78. The molecule has 140 valence electrons. The third kappa shape index (κ3) is 3.59. The first kappa shape index (κ1) is 18.1. The molecule has 0 spiro atoms. The number of hydrogen-bond acceptors (Lipinski definition) is 5. The average Bonchev–Trinajstić information content (AvgIpc) is 2.86.